The average molecular weight is 445 g/mol. The Bertz CT molecular complexity index is 1130. The normalized spacial score (nSPS) is 21.4. The predicted octanol–water partition coefficient (Wildman–Crippen LogP) is 3.17. The summed E-state index contributed by atoms with van der Waals surface area (Å²) in [5.74, 6) is -2.53. The molecule has 6 nitrogen and oxygen atoms in total. The number of pyridine rings is 2. The van der Waals surface area contributed by atoms with Gasteiger partial charge in [-0.25, -0.2) is 23.1 Å². The second kappa shape index (κ2) is 7.38. The molecule has 3 N–H and O–H groups in total. The van der Waals surface area contributed by atoms with Gasteiger partial charge in [0.05, 0.1) is 17.9 Å². The van der Waals surface area contributed by atoms with Crippen molar-refractivity contribution in [2.45, 2.75) is 30.9 Å². The van der Waals surface area contributed by atoms with Crippen molar-refractivity contribution in [3.63, 3.8) is 0 Å². The standard InChI is InChI=1S/C19H17F6N5O/c1-18(31,19(23,24)25)9-2-3-15-27-7-14(30(15)8-9)16-10(20)4-11(21)17(29-16)28-13-6-26-5-12(13)22/h2-4,7-8,12-13,26,31H,5-6H2,1H3,(H,28,29)/t12-,13-,18?/m0/s1. The molecule has 4 heterocycles. The number of fused-ring (bicyclic) bond motifs is 1. The first kappa shape index (κ1) is 21.4. The second-order valence-corrected chi connectivity index (χ2v) is 7.43. The summed E-state index contributed by atoms with van der Waals surface area (Å²) >= 11 is 0. The predicted molar refractivity (Wildman–Crippen MR) is 99.1 cm³/mol. The number of hydrogen-bond acceptors (Lipinski definition) is 5. The summed E-state index contributed by atoms with van der Waals surface area (Å²) in [5.41, 5.74) is -4.00. The number of imidazole rings is 1. The van der Waals surface area contributed by atoms with E-state index in [-0.39, 0.29) is 24.4 Å². The Morgan fingerprint density at radius 3 is 2.58 bits per heavy atom. The number of aliphatic hydroxyl groups is 1. The minimum Gasteiger partial charge on any atom is -0.376 e. The lowest BCUT2D eigenvalue weighted by molar-refractivity contribution is -0.259. The van der Waals surface area contributed by atoms with Gasteiger partial charge >= 0.3 is 6.18 Å². The van der Waals surface area contributed by atoms with Crippen LogP contribution in [0, 0.1) is 11.6 Å². The minimum atomic E-state index is -4.96. The van der Waals surface area contributed by atoms with Crippen LogP contribution in [-0.4, -0.2) is 51.0 Å². The van der Waals surface area contributed by atoms with Crippen LogP contribution in [0.5, 0.6) is 0 Å². The number of anilines is 1. The van der Waals surface area contributed by atoms with Crippen LogP contribution in [0.1, 0.15) is 12.5 Å². The van der Waals surface area contributed by atoms with Crippen molar-refractivity contribution in [1.29, 1.82) is 0 Å². The number of nitrogens with zero attached hydrogens (tertiary/aromatic N) is 3. The summed E-state index contributed by atoms with van der Waals surface area (Å²) in [6.45, 7) is 0.871. The van der Waals surface area contributed by atoms with E-state index in [0.29, 0.717) is 13.0 Å². The van der Waals surface area contributed by atoms with Gasteiger partial charge in [0.1, 0.15) is 17.5 Å². The fourth-order valence-corrected chi connectivity index (χ4v) is 3.32. The van der Waals surface area contributed by atoms with Crippen LogP contribution in [0.2, 0.25) is 0 Å². The van der Waals surface area contributed by atoms with Crippen molar-refractivity contribution in [3.05, 3.63) is 47.8 Å². The lowest BCUT2D eigenvalue weighted by Crippen LogP contribution is -2.39. The SMILES string of the molecule is CC(O)(c1ccc2ncc(-c3nc(N[C@H]4CNC[C@@H]4F)c(F)cc3F)n2c1)C(F)(F)F. The maximum Gasteiger partial charge on any atom is 0.421 e. The van der Waals surface area contributed by atoms with Gasteiger partial charge < -0.3 is 15.7 Å². The van der Waals surface area contributed by atoms with Gasteiger partial charge in [-0.2, -0.15) is 13.2 Å². The average Bonchev–Trinajstić information content (AvgIpc) is 3.28. The molecular weight excluding hydrogens is 428 g/mol. The zero-order valence-corrected chi connectivity index (χ0v) is 16.0. The summed E-state index contributed by atoms with van der Waals surface area (Å²) in [6, 6.07) is 2.04. The molecule has 1 aliphatic heterocycles. The van der Waals surface area contributed by atoms with E-state index in [1.165, 1.54) is 6.07 Å². The summed E-state index contributed by atoms with van der Waals surface area (Å²) in [6.07, 6.45) is -4.15. The maximum absolute atomic E-state index is 14.5. The van der Waals surface area contributed by atoms with Gasteiger partial charge in [-0.15, -0.1) is 0 Å². The van der Waals surface area contributed by atoms with Gasteiger partial charge in [0.2, 0.25) is 0 Å². The van der Waals surface area contributed by atoms with E-state index in [2.05, 4.69) is 20.6 Å². The highest BCUT2D eigenvalue weighted by Crippen LogP contribution is 2.39. The summed E-state index contributed by atoms with van der Waals surface area (Å²) in [4.78, 5) is 7.90. The quantitative estimate of drug-likeness (QED) is 0.538. The van der Waals surface area contributed by atoms with Crippen LogP contribution in [-0.2, 0) is 5.60 Å². The van der Waals surface area contributed by atoms with Crippen molar-refractivity contribution in [3.8, 4) is 11.4 Å². The van der Waals surface area contributed by atoms with Crippen LogP contribution in [0.15, 0.2) is 30.6 Å². The fraction of sp³-hybridized carbons (Fsp3) is 0.368. The summed E-state index contributed by atoms with van der Waals surface area (Å²) < 4.78 is 83.4. The third-order valence-corrected chi connectivity index (χ3v) is 5.25. The molecule has 1 unspecified atom stereocenters. The lowest BCUT2D eigenvalue weighted by Gasteiger charge is -2.26. The van der Waals surface area contributed by atoms with Crippen molar-refractivity contribution < 1.29 is 31.4 Å². The molecule has 0 saturated carbocycles. The van der Waals surface area contributed by atoms with Crippen LogP contribution in [0.3, 0.4) is 0 Å². The number of rotatable bonds is 4. The molecule has 3 aromatic rings. The molecule has 0 spiro atoms. The van der Waals surface area contributed by atoms with Gasteiger partial charge in [0.15, 0.2) is 23.1 Å². The Morgan fingerprint density at radius 2 is 1.94 bits per heavy atom. The zero-order chi connectivity index (χ0) is 22.6. The molecule has 4 rings (SSSR count). The third-order valence-electron chi connectivity index (χ3n) is 5.25. The maximum atomic E-state index is 14.5. The van der Waals surface area contributed by atoms with Crippen LogP contribution in [0.25, 0.3) is 17.0 Å². The molecule has 1 saturated heterocycles. The van der Waals surface area contributed by atoms with Gasteiger partial charge in [-0.3, -0.25) is 4.40 Å². The molecule has 0 aliphatic carbocycles. The summed E-state index contributed by atoms with van der Waals surface area (Å²) in [7, 11) is 0. The molecule has 31 heavy (non-hydrogen) atoms. The molecule has 166 valence electrons. The van der Waals surface area contributed by atoms with E-state index in [0.717, 1.165) is 22.9 Å². The summed E-state index contributed by atoms with van der Waals surface area (Å²) in [5, 5.41) is 15.3. The first-order valence-electron chi connectivity index (χ1n) is 9.23. The van der Waals surface area contributed by atoms with E-state index in [1.807, 2.05) is 0 Å². The molecule has 12 heteroatoms. The second-order valence-electron chi connectivity index (χ2n) is 7.43. The van der Waals surface area contributed by atoms with Gasteiger partial charge in [-0.05, 0) is 13.0 Å². The molecule has 0 radical (unpaired) electrons. The van der Waals surface area contributed by atoms with Crippen LogP contribution >= 0.6 is 0 Å². The van der Waals surface area contributed by atoms with E-state index in [9.17, 15) is 31.4 Å². The van der Waals surface area contributed by atoms with Gasteiger partial charge in [0.25, 0.3) is 0 Å². The van der Waals surface area contributed by atoms with E-state index >= 15 is 0 Å². The van der Waals surface area contributed by atoms with E-state index in [1.54, 1.807) is 0 Å². The highest BCUT2D eigenvalue weighted by Gasteiger charge is 2.51. The number of hydrogen-bond donors (Lipinski definition) is 3. The van der Waals surface area contributed by atoms with E-state index < -0.39 is 52.7 Å². The Hall–Kier alpha value is -2.86. The van der Waals surface area contributed by atoms with Crippen molar-refractivity contribution in [2.75, 3.05) is 18.4 Å². The molecule has 1 aliphatic rings. The van der Waals surface area contributed by atoms with Crippen LogP contribution in [0.4, 0.5) is 32.2 Å². The Morgan fingerprint density at radius 1 is 1.19 bits per heavy atom. The van der Waals surface area contributed by atoms with Crippen molar-refractivity contribution in [1.82, 2.24) is 19.7 Å². The van der Waals surface area contributed by atoms with Crippen LogP contribution < -0.4 is 10.6 Å². The lowest BCUT2D eigenvalue weighted by atomic mass is 9.97. The molecular formula is C19H17F6N5O. The van der Waals surface area contributed by atoms with Crippen molar-refractivity contribution >= 4 is 11.5 Å². The number of halogens is 6. The number of nitrogens with one attached hydrogen (secondary N) is 2. The molecule has 0 aromatic carbocycles. The molecule has 1 fully saturated rings. The number of aromatic nitrogens is 3. The van der Waals surface area contributed by atoms with Gasteiger partial charge in [0, 0.05) is 30.9 Å². The minimum absolute atomic E-state index is 0.0719. The first-order chi connectivity index (χ1) is 14.5. The number of alkyl halides is 4. The topological polar surface area (TPSA) is 74.5 Å². The Balaban J connectivity index is 1.79. The fourth-order valence-electron chi connectivity index (χ4n) is 3.32. The van der Waals surface area contributed by atoms with E-state index in [4.69, 9.17) is 0 Å². The molecule has 0 amide bonds. The largest absolute Gasteiger partial charge is 0.421 e. The Kier molecular flexibility index (Phi) is 5.09. The zero-order valence-electron chi connectivity index (χ0n) is 16.0. The highest BCUT2D eigenvalue weighted by molar-refractivity contribution is 5.63. The highest BCUT2D eigenvalue weighted by atomic mass is 19.4. The monoisotopic (exact) mass is 445 g/mol. The molecule has 3 atom stereocenters. The smallest absolute Gasteiger partial charge is 0.376 e. The van der Waals surface area contributed by atoms with Crippen molar-refractivity contribution in [2.24, 2.45) is 0 Å². The third kappa shape index (κ3) is 3.69. The van der Waals surface area contributed by atoms with Gasteiger partial charge in [-0.1, -0.05) is 6.07 Å². The molecule has 3 aromatic heterocycles. The molecule has 0 bridgehead atoms. The Labute approximate surface area is 171 Å². The first-order valence-corrected chi connectivity index (χ1v) is 9.23.